The zero-order chi connectivity index (χ0) is 22.5. The van der Waals surface area contributed by atoms with Gasteiger partial charge in [-0.05, 0) is 63.0 Å². The van der Waals surface area contributed by atoms with Gasteiger partial charge in [-0.15, -0.1) is 0 Å². The van der Waals surface area contributed by atoms with Gasteiger partial charge in [0, 0.05) is 30.7 Å². The van der Waals surface area contributed by atoms with Gasteiger partial charge in [-0.3, -0.25) is 0 Å². The molecular formula is C26H26N6S2. The molecule has 0 bridgehead atoms. The summed E-state index contributed by atoms with van der Waals surface area (Å²) < 4.78 is 0. The third-order valence-electron chi connectivity index (χ3n) is 6.92. The van der Waals surface area contributed by atoms with E-state index in [9.17, 15) is 0 Å². The molecule has 0 aliphatic carbocycles. The molecule has 2 atom stereocenters. The lowest BCUT2D eigenvalue weighted by Crippen LogP contribution is -2.14. The Kier molecular flexibility index (Phi) is 5.27. The lowest BCUT2D eigenvalue weighted by Gasteiger charge is -2.19. The van der Waals surface area contributed by atoms with Gasteiger partial charge in [-0.25, -0.2) is 9.97 Å². The fourth-order valence-electron chi connectivity index (χ4n) is 5.07. The van der Waals surface area contributed by atoms with Crippen molar-refractivity contribution in [3.63, 3.8) is 0 Å². The minimum atomic E-state index is 0.359. The van der Waals surface area contributed by atoms with Crippen LogP contribution >= 0.6 is 23.5 Å². The second kappa shape index (κ2) is 8.61. The van der Waals surface area contributed by atoms with Crippen LogP contribution < -0.4 is 10.6 Å². The smallest absolute Gasteiger partial charge is 0.123 e. The Labute approximate surface area is 207 Å². The molecule has 0 saturated carbocycles. The van der Waals surface area contributed by atoms with Crippen LogP contribution in [0.25, 0.3) is 22.5 Å². The van der Waals surface area contributed by atoms with Gasteiger partial charge in [-0.1, -0.05) is 35.7 Å². The van der Waals surface area contributed by atoms with Crippen molar-refractivity contribution in [1.82, 2.24) is 30.6 Å². The molecule has 3 aliphatic rings. The van der Waals surface area contributed by atoms with Crippen molar-refractivity contribution in [2.45, 2.75) is 57.3 Å². The summed E-state index contributed by atoms with van der Waals surface area (Å²) in [5.41, 5.74) is 4.55. The molecule has 3 aliphatic heterocycles. The zero-order valence-corrected chi connectivity index (χ0v) is 20.4. The first kappa shape index (κ1) is 20.8. The van der Waals surface area contributed by atoms with Crippen LogP contribution in [0.4, 0.5) is 0 Å². The van der Waals surface area contributed by atoms with Crippen molar-refractivity contribution in [2.75, 3.05) is 13.1 Å². The third-order valence-corrected chi connectivity index (χ3v) is 9.45. The van der Waals surface area contributed by atoms with Gasteiger partial charge in [0.05, 0.1) is 35.9 Å². The van der Waals surface area contributed by atoms with E-state index in [0.717, 1.165) is 49.0 Å². The van der Waals surface area contributed by atoms with E-state index in [-0.39, 0.29) is 0 Å². The van der Waals surface area contributed by atoms with Gasteiger partial charge in [-0.2, -0.15) is 0 Å². The fraction of sp³-hybridized carbons (Fsp3) is 0.308. The molecule has 0 radical (unpaired) electrons. The Morgan fingerprint density at radius 3 is 1.59 bits per heavy atom. The Morgan fingerprint density at radius 1 is 0.647 bits per heavy atom. The SMILES string of the molecule is c1cc2c(cc1-c1cnc(C3CCCN3)[nH]1)Sc1ccc(-c3cnc(C4CCCN4)[nH]3)cc1S2. The summed E-state index contributed by atoms with van der Waals surface area (Å²) in [6, 6.07) is 14.2. The molecule has 6 nitrogen and oxygen atoms in total. The highest BCUT2D eigenvalue weighted by atomic mass is 32.2. The standard InChI is InChI=1S/C26H26N6S2/c1-3-17(27-9-1)25-29-13-19(31-25)15-5-7-21-23(11-15)33-22-8-6-16(12-24(22)34-21)20-14-30-26(32-20)18-4-2-10-28-18/h5-8,11-14,17-18,27-28H,1-4,9-10H2,(H,29,31)(H,30,32). The van der Waals surface area contributed by atoms with Gasteiger partial charge in [0.15, 0.2) is 0 Å². The number of nitrogens with one attached hydrogen (secondary N) is 4. The number of benzene rings is 2. The highest BCUT2D eigenvalue weighted by molar-refractivity contribution is 8.05. The van der Waals surface area contributed by atoms with E-state index in [2.05, 4.69) is 67.0 Å². The maximum Gasteiger partial charge on any atom is 0.123 e. The molecule has 2 saturated heterocycles. The molecule has 2 aromatic heterocycles. The minimum Gasteiger partial charge on any atom is -0.341 e. The van der Waals surface area contributed by atoms with E-state index in [1.165, 1.54) is 43.6 Å². The predicted octanol–water partition coefficient (Wildman–Crippen LogP) is 5.93. The molecule has 4 N–H and O–H groups in total. The summed E-state index contributed by atoms with van der Waals surface area (Å²) in [5.74, 6) is 2.10. The molecule has 2 unspecified atom stereocenters. The number of fused-ring (bicyclic) bond motifs is 2. The quantitative estimate of drug-likeness (QED) is 0.252. The van der Waals surface area contributed by atoms with Crippen molar-refractivity contribution in [3.8, 4) is 22.5 Å². The summed E-state index contributed by atoms with van der Waals surface area (Å²) in [6.07, 6.45) is 8.68. The van der Waals surface area contributed by atoms with Crippen molar-refractivity contribution in [2.24, 2.45) is 0 Å². The van der Waals surface area contributed by atoms with E-state index in [4.69, 9.17) is 0 Å². The first-order valence-corrected chi connectivity index (χ1v) is 13.6. The number of aromatic nitrogens is 4. The third kappa shape index (κ3) is 3.79. The summed E-state index contributed by atoms with van der Waals surface area (Å²) in [4.78, 5) is 21.6. The van der Waals surface area contributed by atoms with Gasteiger partial charge in [0.1, 0.15) is 11.6 Å². The van der Waals surface area contributed by atoms with Crippen molar-refractivity contribution in [1.29, 1.82) is 0 Å². The van der Waals surface area contributed by atoms with Crippen LogP contribution in [0.2, 0.25) is 0 Å². The maximum atomic E-state index is 4.65. The van der Waals surface area contributed by atoms with Crippen molar-refractivity contribution in [3.05, 3.63) is 60.4 Å². The molecule has 7 rings (SSSR count). The maximum absolute atomic E-state index is 4.65. The Balaban J connectivity index is 1.13. The molecule has 34 heavy (non-hydrogen) atoms. The number of H-pyrrole nitrogens is 2. The predicted molar refractivity (Wildman–Crippen MR) is 136 cm³/mol. The van der Waals surface area contributed by atoms with Crippen LogP contribution in [0, 0.1) is 0 Å². The van der Waals surface area contributed by atoms with Gasteiger partial charge < -0.3 is 20.6 Å². The van der Waals surface area contributed by atoms with E-state index in [0.29, 0.717) is 12.1 Å². The van der Waals surface area contributed by atoms with Crippen molar-refractivity contribution >= 4 is 23.5 Å². The van der Waals surface area contributed by atoms with E-state index < -0.39 is 0 Å². The summed E-state index contributed by atoms with van der Waals surface area (Å²) in [6.45, 7) is 2.15. The van der Waals surface area contributed by atoms with Gasteiger partial charge in [0.2, 0.25) is 0 Å². The lowest BCUT2D eigenvalue weighted by molar-refractivity contribution is 0.613. The average Bonchev–Trinajstić information content (AvgIpc) is 3.68. The molecule has 2 aromatic carbocycles. The Morgan fingerprint density at radius 2 is 1.15 bits per heavy atom. The Hall–Kier alpha value is -2.52. The second-order valence-electron chi connectivity index (χ2n) is 9.19. The van der Waals surface area contributed by atoms with E-state index >= 15 is 0 Å². The highest BCUT2D eigenvalue weighted by Crippen LogP contribution is 2.50. The van der Waals surface area contributed by atoms with E-state index in [1.54, 1.807) is 0 Å². The molecule has 5 heterocycles. The van der Waals surface area contributed by atoms with E-state index in [1.807, 2.05) is 35.9 Å². The monoisotopic (exact) mass is 486 g/mol. The largest absolute Gasteiger partial charge is 0.341 e. The molecule has 4 aromatic rings. The molecule has 2 fully saturated rings. The van der Waals surface area contributed by atoms with Crippen LogP contribution in [0.1, 0.15) is 49.4 Å². The van der Waals surface area contributed by atoms with Gasteiger partial charge in [0.25, 0.3) is 0 Å². The van der Waals surface area contributed by atoms with Gasteiger partial charge >= 0.3 is 0 Å². The molecule has 8 heteroatoms. The minimum absolute atomic E-state index is 0.359. The second-order valence-corrected chi connectivity index (χ2v) is 11.4. The van der Waals surface area contributed by atoms with Crippen LogP contribution in [-0.2, 0) is 0 Å². The molecule has 0 amide bonds. The molecule has 172 valence electrons. The van der Waals surface area contributed by atoms with Crippen LogP contribution in [0.3, 0.4) is 0 Å². The van der Waals surface area contributed by atoms with Crippen LogP contribution in [0.15, 0.2) is 68.4 Å². The molecular weight excluding hydrogens is 460 g/mol. The number of nitrogens with zero attached hydrogens (tertiary/aromatic N) is 2. The number of hydrogen-bond donors (Lipinski definition) is 4. The van der Waals surface area contributed by atoms with Crippen LogP contribution in [0.5, 0.6) is 0 Å². The molecule has 0 spiro atoms. The normalized spacial score (nSPS) is 21.5. The number of hydrogen-bond acceptors (Lipinski definition) is 6. The first-order chi connectivity index (χ1) is 16.8. The topological polar surface area (TPSA) is 81.4 Å². The lowest BCUT2D eigenvalue weighted by atomic mass is 10.1. The highest BCUT2D eigenvalue weighted by Gasteiger charge is 2.23. The number of rotatable bonds is 4. The van der Waals surface area contributed by atoms with Crippen LogP contribution in [-0.4, -0.2) is 33.0 Å². The summed E-state index contributed by atoms with van der Waals surface area (Å²) in [7, 11) is 0. The Bertz CT molecular complexity index is 1240. The summed E-state index contributed by atoms with van der Waals surface area (Å²) >= 11 is 3.70. The number of imidazole rings is 2. The number of aromatic amines is 2. The van der Waals surface area contributed by atoms with Crippen molar-refractivity contribution < 1.29 is 0 Å². The zero-order valence-electron chi connectivity index (χ0n) is 18.7. The fourth-order valence-corrected chi connectivity index (χ4v) is 7.35. The first-order valence-electron chi connectivity index (χ1n) is 12.0. The summed E-state index contributed by atoms with van der Waals surface area (Å²) in [5, 5.41) is 7.04. The average molecular weight is 487 g/mol.